The van der Waals surface area contributed by atoms with Gasteiger partial charge in [-0.1, -0.05) is 6.42 Å². The second-order valence-corrected chi connectivity index (χ2v) is 5.47. The SMILES string of the molecule is CC(=O)C1CCCCN1C(C)C(=O)N1CCOCC1. The van der Waals surface area contributed by atoms with Gasteiger partial charge in [-0.25, -0.2) is 0 Å². The van der Waals surface area contributed by atoms with E-state index in [1.807, 2.05) is 11.8 Å². The summed E-state index contributed by atoms with van der Waals surface area (Å²) in [4.78, 5) is 28.2. The Labute approximate surface area is 114 Å². The fourth-order valence-corrected chi connectivity index (χ4v) is 3.04. The molecule has 5 nitrogen and oxygen atoms in total. The molecule has 0 spiro atoms. The minimum atomic E-state index is -0.202. The number of amides is 1. The maximum atomic E-state index is 12.5. The van der Waals surface area contributed by atoms with Crippen molar-refractivity contribution in [3.63, 3.8) is 0 Å². The number of Topliss-reactive ketones (excluding diaryl/α,β-unsaturated/α-hetero) is 1. The highest BCUT2D eigenvalue weighted by molar-refractivity contribution is 5.85. The molecule has 0 aliphatic carbocycles. The number of carbonyl (C=O) groups excluding carboxylic acids is 2. The summed E-state index contributed by atoms with van der Waals surface area (Å²) in [6.07, 6.45) is 3.04. The highest BCUT2D eigenvalue weighted by Gasteiger charge is 2.34. The maximum absolute atomic E-state index is 12.5. The first-order chi connectivity index (χ1) is 9.11. The zero-order chi connectivity index (χ0) is 13.8. The van der Waals surface area contributed by atoms with Gasteiger partial charge in [-0.15, -0.1) is 0 Å². The van der Waals surface area contributed by atoms with Crippen molar-refractivity contribution >= 4 is 11.7 Å². The second-order valence-electron chi connectivity index (χ2n) is 5.47. The summed E-state index contributed by atoms with van der Waals surface area (Å²) in [7, 11) is 0. The fraction of sp³-hybridized carbons (Fsp3) is 0.857. The average Bonchev–Trinajstić information content (AvgIpc) is 2.46. The van der Waals surface area contributed by atoms with Gasteiger partial charge in [0.1, 0.15) is 5.78 Å². The lowest BCUT2D eigenvalue weighted by atomic mass is 9.97. The molecule has 0 radical (unpaired) electrons. The van der Waals surface area contributed by atoms with Crippen LogP contribution in [0.1, 0.15) is 33.1 Å². The zero-order valence-electron chi connectivity index (χ0n) is 11.9. The Bertz CT molecular complexity index is 340. The average molecular weight is 268 g/mol. The van der Waals surface area contributed by atoms with E-state index in [9.17, 15) is 9.59 Å². The van der Waals surface area contributed by atoms with E-state index in [1.54, 1.807) is 6.92 Å². The quantitative estimate of drug-likeness (QED) is 0.755. The third-order valence-corrected chi connectivity index (χ3v) is 4.19. The molecule has 2 unspecified atom stereocenters. The van der Waals surface area contributed by atoms with Crippen molar-refractivity contribution in [3.8, 4) is 0 Å². The minimum Gasteiger partial charge on any atom is -0.378 e. The Hall–Kier alpha value is -0.940. The predicted octanol–water partition coefficient (Wildman–Crippen LogP) is 0.677. The molecular formula is C14H24N2O3. The predicted molar refractivity (Wildman–Crippen MR) is 71.9 cm³/mol. The van der Waals surface area contributed by atoms with Crippen LogP contribution in [0.25, 0.3) is 0 Å². The Morgan fingerprint density at radius 1 is 1.16 bits per heavy atom. The normalized spacial score (nSPS) is 27.1. The number of carbonyl (C=O) groups is 2. The highest BCUT2D eigenvalue weighted by atomic mass is 16.5. The van der Waals surface area contributed by atoms with Crippen LogP contribution in [0.2, 0.25) is 0 Å². The molecule has 0 bridgehead atoms. The number of piperidine rings is 1. The lowest BCUT2D eigenvalue weighted by molar-refractivity contribution is -0.143. The van der Waals surface area contributed by atoms with E-state index in [0.29, 0.717) is 26.3 Å². The zero-order valence-corrected chi connectivity index (χ0v) is 11.9. The van der Waals surface area contributed by atoms with Gasteiger partial charge in [0.05, 0.1) is 25.3 Å². The van der Waals surface area contributed by atoms with Crippen LogP contribution in [0.15, 0.2) is 0 Å². The van der Waals surface area contributed by atoms with Crippen LogP contribution in [-0.4, -0.2) is 66.4 Å². The maximum Gasteiger partial charge on any atom is 0.239 e. The van der Waals surface area contributed by atoms with Crippen LogP contribution in [-0.2, 0) is 14.3 Å². The number of likely N-dealkylation sites (tertiary alicyclic amines) is 1. The summed E-state index contributed by atoms with van der Waals surface area (Å²) in [5.41, 5.74) is 0. The Morgan fingerprint density at radius 2 is 1.84 bits per heavy atom. The second kappa shape index (κ2) is 6.48. The number of rotatable bonds is 3. The van der Waals surface area contributed by atoms with E-state index in [4.69, 9.17) is 4.74 Å². The molecule has 0 aromatic heterocycles. The van der Waals surface area contributed by atoms with Crippen molar-refractivity contribution in [1.82, 2.24) is 9.80 Å². The number of morpholine rings is 1. The van der Waals surface area contributed by atoms with Gasteiger partial charge in [0.15, 0.2) is 0 Å². The first kappa shape index (κ1) is 14.5. The van der Waals surface area contributed by atoms with E-state index in [-0.39, 0.29) is 23.8 Å². The van der Waals surface area contributed by atoms with Gasteiger partial charge in [-0.3, -0.25) is 14.5 Å². The van der Waals surface area contributed by atoms with Gasteiger partial charge < -0.3 is 9.64 Å². The Balaban J connectivity index is 2.01. The van der Waals surface area contributed by atoms with Crippen LogP contribution >= 0.6 is 0 Å². The summed E-state index contributed by atoms with van der Waals surface area (Å²) in [5, 5.41) is 0. The lowest BCUT2D eigenvalue weighted by Gasteiger charge is -2.40. The molecule has 2 aliphatic rings. The van der Waals surface area contributed by atoms with Crippen molar-refractivity contribution in [2.75, 3.05) is 32.8 Å². The van der Waals surface area contributed by atoms with Gasteiger partial charge in [0.25, 0.3) is 0 Å². The summed E-state index contributed by atoms with van der Waals surface area (Å²) in [6, 6.07) is -0.277. The van der Waals surface area contributed by atoms with Crippen molar-refractivity contribution in [1.29, 1.82) is 0 Å². The van der Waals surface area contributed by atoms with E-state index in [1.165, 1.54) is 0 Å². The molecule has 19 heavy (non-hydrogen) atoms. The number of hydrogen-bond acceptors (Lipinski definition) is 4. The third kappa shape index (κ3) is 3.34. The summed E-state index contributed by atoms with van der Waals surface area (Å²) >= 11 is 0. The van der Waals surface area contributed by atoms with E-state index >= 15 is 0 Å². The van der Waals surface area contributed by atoms with Crippen molar-refractivity contribution in [2.45, 2.75) is 45.2 Å². The molecule has 2 rings (SSSR count). The standard InChI is InChI=1S/C14H24N2O3/c1-11(14(18)15-7-9-19-10-8-15)16-6-4-3-5-13(16)12(2)17/h11,13H,3-10H2,1-2H3. The topological polar surface area (TPSA) is 49.9 Å². The van der Waals surface area contributed by atoms with E-state index in [2.05, 4.69) is 4.90 Å². The van der Waals surface area contributed by atoms with Crippen LogP contribution in [0.4, 0.5) is 0 Å². The molecule has 1 amide bonds. The molecule has 0 aromatic carbocycles. The van der Waals surface area contributed by atoms with Crippen LogP contribution in [0.3, 0.4) is 0 Å². The first-order valence-electron chi connectivity index (χ1n) is 7.24. The molecule has 2 saturated heterocycles. The molecule has 2 atom stereocenters. The van der Waals surface area contributed by atoms with Gasteiger partial charge in [-0.05, 0) is 33.2 Å². The molecule has 2 fully saturated rings. The molecule has 0 N–H and O–H groups in total. The summed E-state index contributed by atoms with van der Waals surface area (Å²) in [5.74, 6) is 0.317. The van der Waals surface area contributed by atoms with Crippen molar-refractivity contribution in [3.05, 3.63) is 0 Å². The number of nitrogens with zero attached hydrogens (tertiary/aromatic N) is 2. The molecule has 0 aromatic rings. The van der Waals surface area contributed by atoms with E-state index < -0.39 is 0 Å². The Kier molecular flexibility index (Phi) is 4.93. The smallest absolute Gasteiger partial charge is 0.239 e. The summed E-state index contributed by atoms with van der Waals surface area (Å²) in [6.45, 7) is 6.99. The Morgan fingerprint density at radius 3 is 2.47 bits per heavy atom. The minimum absolute atomic E-state index is 0.0752. The highest BCUT2D eigenvalue weighted by Crippen LogP contribution is 2.21. The van der Waals surface area contributed by atoms with Gasteiger partial charge in [0, 0.05) is 13.1 Å². The van der Waals surface area contributed by atoms with Crippen LogP contribution in [0.5, 0.6) is 0 Å². The van der Waals surface area contributed by atoms with Crippen molar-refractivity contribution in [2.24, 2.45) is 0 Å². The number of hydrogen-bond donors (Lipinski definition) is 0. The molecule has 5 heteroatoms. The van der Waals surface area contributed by atoms with Gasteiger partial charge in [-0.2, -0.15) is 0 Å². The molecule has 2 aliphatic heterocycles. The van der Waals surface area contributed by atoms with Gasteiger partial charge in [0.2, 0.25) is 5.91 Å². The number of ketones is 1. The van der Waals surface area contributed by atoms with Crippen molar-refractivity contribution < 1.29 is 14.3 Å². The third-order valence-electron chi connectivity index (χ3n) is 4.19. The molecular weight excluding hydrogens is 244 g/mol. The summed E-state index contributed by atoms with van der Waals surface area (Å²) < 4.78 is 5.27. The number of ether oxygens (including phenoxy) is 1. The largest absolute Gasteiger partial charge is 0.378 e. The fourth-order valence-electron chi connectivity index (χ4n) is 3.04. The lowest BCUT2D eigenvalue weighted by Crippen LogP contribution is -2.56. The molecule has 2 heterocycles. The molecule has 0 saturated carbocycles. The monoisotopic (exact) mass is 268 g/mol. The van der Waals surface area contributed by atoms with Gasteiger partial charge >= 0.3 is 0 Å². The van der Waals surface area contributed by atoms with Crippen LogP contribution in [0, 0.1) is 0 Å². The first-order valence-corrected chi connectivity index (χ1v) is 7.24. The molecule has 108 valence electrons. The van der Waals surface area contributed by atoms with Crippen LogP contribution < -0.4 is 0 Å². The van der Waals surface area contributed by atoms with E-state index in [0.717, 1.165) is 25.8 Å².